The fourth-order valence-corrected chi connectivity index (χ4v) is 4.13. The zero-order valence-electron chi connectivity index (χ0n) is 18.5. The van der Waals surface area contributed by atoms with Gasteiger partial charge in [0.25, 0.3) is 0 Å². The van der Waals surface area contributed by atoms with Crippen LogP contribution in [0.3, 0.4) is 0 Å². The average molecular weight is 448 g/mol. The third kappa shape index (κ3) is 4.32. The van der Waals surface area contributed by atoms with Crippen molar-refractivity contribution in [3.63, 3.8) is 0 Å². The lowest BCUT2D eigenvalue weighted by Gasteiger charge is -2.15. The van der Waals surface area contributed by atoms with Crippen LogP contribution in [0.5, 0.6) is 5.75 Å². The molecular formula is C25H24N2O6. The summed E-state index contributed by atoms with van der Waals surface area (Å²) in [5, 5.41) is 13.7. The molecule has 170 valence electrons. The van der Waals surface area contributed by atoms with Gasteiger partial charge in [0.2, 0.25) is 5.91 Å². The van der Waals surface area contributed by atoms with Gasteiger partial charge in [0.15, 0.2) is 0 Å². The second-order valence-corrected chi connectivity index (χ2v) is 8.03. The van der Waals surface area contributed by atoms with Crippen molar-refractivity contribution in [1.29, 1.82) is 0 Å². The summed E-state index contributed by atoms with van der Waals surface area (Å²) in [6.45, 7) is 3.58. The van der Waals surface area contributed by atoms with Crippen LogP contribution in [0.1, 0.15) is 22.3 Å². The molecule has 0 saturated carbocycles. The van der Waals surface area contributed by atoms with E-state index in [2.05, 4.69) is 10.3 Å². The van der Waals surface area contributed by atoms with Gasteiger partial charge >= 0.3 is 11.6 Å². The molecule has 4 aromatic rings. The maximum Gasteiger partial charge on any atom is 0.340 e. The standard InChI is InChI=1S/C25H24N2O6/c1-13-8-20(32-3)23-14(2)17(25(31)33-21(23)9-13)11-22(28)27-19(24(29)30)10-15-12-26-18-7-5-4-6-16(15)18/h4-9,12,19,26H,10-11H2,1-3H3,(H,27,28)(H,29,30)/t19-/m1/s1. The predicted octanol–water partition coefficient (Wildman–Crippen LogP) is 3.25. The number of carbonyl (C=O) groups is 2. The summed E-state index contributed by atoms with van der Waals surface area (Å²) in [5.41, 5.74) is 3.01. The molecule has 2 aromatic carbocycles. The Balaban J connectivity index is 1.60. The molecule has 0 aliphatic heterocycles. The highest BCUT2D eigenvalue weighted by Gasteiger charge is 2.24. The van der Waals surface area contributed by atoms with Crippen molar-refractivity contribution in [3.8, 4) is 5.75 Å². The van der Waals surface area contributed by atoms with Gasteiger partial charge in [-0.1, -0.05) is 18.2 Å². The Morgan fingerprint density at radius 2 is 1.97 bits per heavy atom. The number of H-pyrrole nitrogens is 1. The van der Waals surface area contributed by atoms with Crippen LogP contribution in [0.25, 0.3) is 21.9 Å². The normalized spacial score (nSPS) is 12.1. The van der Waals surface area contributed by atoms with Gasteiger partial charge in [-0.15, -0.1) is 0 Å². The summed E-state index contributed by atoms with van der Waals surface area (Å²) < 4.78 is 10.9. The van der Waals surface area contributed by atoms with E-state index in [1.807, 2.05) is 37.3 Å². The molecule has 0 aliphatic carbocycles. The minimum atomic E-state index is -1.16. The zero-order valence-corrected chi connectivity index (χ0v) is 18.5. The number of carbonyl (C=O) groups excluding carboxylic acids is 1. The lowest BCUT2D eigenvalue weighted by Crippen LogP contribution is -2.43. The number of aromatic nitrogens is 1. The van der Waals surface area contributed by atoms with Crippen molar-refractivity contribution in [1.82, 2.24) is 10.3 Å². The molecule has 8 heteroatoms. The molecule has 4 rings (SSSR count). The number of aromatic amines is 1. The summed E-state index contributed by atoms with van der Waals surface area (Å²) >= 11 is 0. The van der Waals surface area contributed by atoms with Crippen molar-refractivity contribution in [2.75, 3.05) is 7.11 Å². The maximum absolute atomic E-state index is 12.8. The first-order valence-electron chi connectivity index (χ1n) is 10.5. The van der Waals surface area contributed by atoms with Gasteiger partial charge in [-0.25, -0.2) is 9.59 Å². The highest BCUT2D eigenvalue weighted by molar-refractivity contribution is 5.91. The molecule has 0 fully saturated rings. The second kappa shape index (κ2) is 8.82. The molecule has 0 radical (unpaired) electrons. The Morgan fingerprint density at radius 3 is 2.70 bits per heavy atom. The average Bonchev–Trinajstić information content (AvgIpc) is 3.18. The van der Waals surface area contributed by atoms with Crippen LogP contribution >= 0.6 is 0 Å². The van der Waals surface area contributed by atoms with Gasteiger partial charge in [-0.05, 0) is 48.7 Å². The van der Waals surface area contributed by atoms with Crippen LogP contribution < -0.4 is 15.7 Å². The molecule has 0 bridgehead atoms. The smallest absolute Gasteiger partial charge is 0.340 e. The van der Waals surface area contributed by atoms with E-state index in [4.69, 9.17) is 9.15 Å². The van der Waals surface area contributed by atoms with E-state index in [9.17, 15) is 19.5 Å². The van der Waals surface area contributed by atoms with Gasteiger partial charge in [0.05, 0.1) is 24.5 Å². The van der Waals surface area contributed by atoms with E-state index in [-0.39, 0.29) is 18.4 Å². The minimum Gasteiger partial charge on any atom is -0.496 e. The number of ether oxygens (including phenoxy) is 1. The number of aliphatic carboxylic acids is 1. The number of amides is 1. The Labute approximate surface area is 189 Å². The molecule has 3 N–H and O–H groups in total. The van der Waals surface area contributed by atoms with E-state index < -0.39 is 23.5 Å². The third-order valence-corrected chi connectivity index (χ3v) is 5.78. The van der Waals surface area contributed by atoms with Gasteiger partial charge in [0, 0.05) is 23.5 Å². The van der Waals surface area contributed by atoms with Crippen LogP contribution in [0, 0.1) is 13.8 Å². The molecular weight excluding hydrogens is 424 g/mol. The van der Waals surface area contributed by atoms with Crippen LogP contribution in [-0.2, 0) is 22.4 Å². The number of aryl methyl sites for hydroxylation is 2. The van der Waals surface area contributed by atoms with Crippen molar-refractivity contribution in [2.24, 2.45) is 0 Å². The van der Waals surface area contributed by atoms with Gasteiger partial charge in [-0.3, -0.25) is 4.79 Å². The van der Waals surface area contributed by atoms with Crippen LogP contribution in [0.2, 0.25) is 0 Å². The van der Waals surface area contributed by atoms with Gasteiger partial charge < -0.3 is 24.6 Å². The lowest BCUT2D eigenvalue weighted by atomic mass is 10.0. The van der Waals surface area contributed by atoms with E-state index >= 15 is 0 Å². The summed E-state index contributed by atoms with van der Waals surface area (Å²) in [6, 6.07) is 9.93. The number of hydrogen-bond acceptors (Lipinski definition) is 5. The molecule has 2 heterocycles. The first-order valence-corrected chi connectivity index (χ1v) is 10.5. The summed E-state index contributed by atoms with van der Waals surface area (Å²) in [7, 11) is 1.52. The van der Waals surface area contributed by atoms with Crippen molar-refractivity contribution >= 4 is 33.7 Å². The topological polar surface area (TPSA) is 122 Å². The second-order valence-electron chi connectivity index (χ2n) is 8.03. The SMILES string of the molecule is COc1cc(C)cc2oc(=O)c(CC(=O)N[C@H](Cc3c[nH]c4ccccc34)C(=O)O)c(C)c12. The first-order chi connectivity index (χ1) is 15.8. The number of fused-ring (bicyclic) bond motifs is 2. The molecule has 0 unspecified atom stereocenters. The summed E-state index contributed by atoms with van der Waals surface area (Å²) in [4.78, 5) is 40.3. The highest BCUT2D eigenvalue weighted by Crippen LogP contribution is 2.30. The zero-order chi connectivity index (χ0) is 23.7. The summed E-state index contributed by atoms with van der Waals surface area (Å²) in [5.74, 6) is -1.20. The molecule has 1 atom stereocenters. The maximum atomic E-state index is 12.8. The number of methoxy groups -OCH3 is 1. The van der Waals surface area contributed by atoms with Crippen LogP contribution in [-0.4, -0.2) is 35.1 Å². The molecule has 1 amide bonds. The number of carboxylic acid groups (broad SMARTS) is 1. The monoisotopic (exact) mass is 448 g/mol. The van der Waals surface area contributed by atoms with Crippen molar-refractivity contribution < 1.29 is 23.8 Å². The molecule has 0 saturated heterocycles. The van der Waals surface area contributed by atoms with Crippen LogP contribution in [0.4, 0.5) is 0 Å². The number of para-hydroxylation sites is 1. The third-order valence-electron chi connectivity index (χ3n) is 5.78. The number of carboxylic acids is 1. The predicted molar refractivity (Wildman–Crippen MR) is 124 cm³/mol. The van der Waals surface area contributed by atoms with E-state index in [1.165, 1.54) is 7.11 Å². The summed E-state index contributed by atoms with van der Waals surface area (Å²) in [6.07, 6.45) is 1.53. The largest absolute Gasteiger partial charge is 0.496 e. The van der Waals surface area contributed by atoms with Crippen LogP contribution in [0.15, 0.2) is 51.8 Å². The molecule has 0 aliphatic rings. The Morgan fingerprint density at radius 1 is 1.21 bits per heavy atom. The quantitative estimate of drug-likeness (QED) is 0.373. The number of nitrogens with one attached hydrogen (secondary N) is 2. The fraction of sp³-hybridized carbons (Fsp3) is 0.240. The highest BCUT2D eigenvalue weighted by atomic mass is 16.5. The first kappa shape index (κ1) is 22.1. The van der Waals surface area contributed by atoms with Crippen molar-refractivity contribution in [3.05, 3.63) is 75.3 Å². The minimum absolute atomic E-state index is 0.101. The van der Waals surface area contributed by atoms with Crippen molar-refractivity contribution in [2.45, 2.75) is 32.7 Å². The number of rotatable bonds is 7. The Kier molecular flexibility index (Phi) is 5.91. The van der Waals surface area contributed by atoms with E-state index in [1.54, 1.807) is 19.2 Å². The van der Waals surface area contributed by atoms with E-state index in [0.29, 0.717) is 22.3 Å². The van der Waals surface area contributed by atoms with Gasteiger partial charge in [0.1, 0.15) is 17.4 Å². The molecule has 8 nitrogen and oxygen atoms in total. The van der Waals surface area contributed by atoms with E-state index in [0.717, 1.165) is 22.0 Å². The number of hydrogen-bond donors (Lipinski definition) is 3. The number of benzene rings is 2. The molecule has 33 heavy (non-hydrogen) atoms. The molecule has 2 aromatic heterocycles. The Hall–Kier alpha value is -4.07. The Bertz CT molecular complexity index is 1430. The van der Waals surface area contributed by atoms with Gasteiger partial charge in [-0.2, -0.15) is 0 Å². The lowest BCUT2D eigenvalue weighted by molar-refractivity contribution is -0.141. The molecule has 0 spiro atoms. The fourth-order valence-electron chi connectivity index (χ4n) is 4.13.